The number of benzene rings is 2. The zero-order chi connectivity index (χ0) is 16.3. The third kappa shape index (κ3) is 2.66. The number of fused-ring (bicyclic) bond motifs is 2. The Morgan fingerprint density at radius 2 is 1.52 bits per heavy atom. The average Bonchev–Trinajstić information content (AvgIpc) is 3.12. The van der Waals surface area contributed by atoms with Crippen molar-refractivity contribution in [2.24, 2.45) is 0 Å². The molecule has 0 amide bonds. The van der Waals surface area contributed by atoms with Crippen LogP contribution >= 0.6 is 49.0 Å². The van der Waals surface area contributed by atoms with Gasteiger partial charge in [0.15, 0.2) is 0 Å². The van der Waals surface area contributed by atoms with E-state index in [0.717, 1.165) is 0 Å². The van der Waals surface area contributed by atoms with Gasteiger partial charge in [0.2, 0.25) is 0 Å². The molecular weight excluding hydrogens is 537 g/mol. The molecule has 2 unspecified atom stereocenters. The zero-order valence-corrected chi connectivity index (χ0v) is 19.1. The van der Waals surface area contributed by atoms with Crippen LogP contribution in [0.4, 0.5) is 0 Å². The Balaban J connectivity index is 1.85. The predicted molar refractivity (Wildman–Crippen MR) is 110 cm³/mol. The van der Waals surface area contributed by atoms with Crippen LogP contribution in [0, 0.1) is 3.57 Å². The maximum atomic E-state index is 7.25. The Bertz CT molecular complexity index is 867. The van der Waals surface area contributed by atoms with Crippen molar-refractivity contribution < 1.29 is 14.9 Å². The minimum atomic E-state index is -4.44. The molecule has 0 saturated heterocycles. The van der Waals surface area contributed by atoms with Crippen LogP contribution in [-0.2, 0) is 14.9 Å². The summed E-state index contributed by atoms with van der Waals surface area (Å²) in [5, 5.41) is 0. The zero-order valence-electron chi connectivity index (χ0n) is 12.1. The van der Waals surface area contributed by atoms with Gasteiger partial charge in [0.25, 0.3) is 0 Å². The van der Waals surface area contributed by atoms with Crippen LogP contribution in [0.5, 0.6) is 0 Å². The van der Waals surface area contributed by atoms with Gasteiger partial charge in [-0.1, -0.05) is 0 Å². The first kappa shape index (κ1) is 16.9. The number of hydrogen-bond acceptors (Lipinski definition) is 1. The van der Waals surface area contributed by atoms with Crippen LogP contribution in [0.25, 0.3) is 12.2 Å². The molecule has 0 aromatic heterocycles. The van der Waals surface area contributed by atoms with Crippen LogP contribution < -0.4 is 0 Å². The Hall–Kier alpha value is 0.463. The van der Waals surface area contributed by atoms with Crippen LogP contribution in [0.3, 0.4) is 0 Å². The van der Waals surface area contributed by atoms with Crippen LogP contribution in [0.15, 0.2) is 54.6 Å². The number of rotatable bonds is 2. The van der Waals surface area contributed by atoms with E-state index in [0.29, 0.717) is 0 Å². The van der Waals surface area contributed by atoms with Gasteiger partial charge in [-0.25, -0.2) is 0 Å². The molecule has 0 spiro atoms. The molecule has 0 radical (unpaired) electrons. The molecule has 0 fully saturated rings. The third-order valence-electron chi connectivity index (χ3n) is 4.78. The van der Waals surface area contributed by atoms with E-state index in [1.54, 1.807) is 0 Å². The molecule has 0 bridgehead atoms. The van der Waals surface area contributed by atoms with Crippen molar-refractivity contribution >= 4 is 61.2 Å². The minimum absolute atomic E-state index is 0.0219. The molecule has 2 aliphatic rings. The first-order valence-electron chi connectivity index (χ1n) is 7.43. The Morgan fingerprint density at radius 1 is 0.870 bits per heavy atom. The molecule has 23 heavy (non-hydrogen) atoms. The molecule has 0 heterocycles. The SMILES string of the molecule is [SH][Zr]([Cl])([Cl])([CH]1C=Cc2ccccc21)[CH]1C=Cc2c(I)cccc21. The molecule has 117 valence electrons. The molecule has 2 aromatic carbocycles. The molecule has 2 aliphatic carbocycles. The number of hydrogen-bond donors (Lipinski definition) is 1. The summed E-state index contributed by atoms with van der Waals surface area (Å²) in [6.07, 6.45) is 8.60. The normalized spacial score (nSPS) is 23.4. The Labute approximate surface area is 162 Å². The molecule has 0 saturated carbocycles. The van der Waals surface area contributed by atoms with E-state index in [1.165, 1.54) is 25.8 Å². The van der Waals surface area contributed by atoms with Crippen molar-refractivity contribution in [3.8, 4) is 0 Å². The summed E-state index contributed by atoms with van der Waals surface area (Å²) in [6.45, 7) is 0. The van der Waals surface area contributed by atoms with Crippen LogP contribution in [0.1, 0.15) is 29.5 Å². The standard InChI is InChI=1S/C9H6I.C9H7.2ClH.H2S.Zr/c10-9-6-2-4-7-3-1-5-8(7)9;1-2-5-9-7-3-6-8(9)4-1;;;;/h1-6H;1-7H;2*1H;1H2;/q;;;;;+3/p-3. The first-order chi connectivity index (χ1) is 10.9. The van der Waals surface area contributed by atoms with Gasteiger partial charge in [-0.15, -0.1) is 0 Å². The first-order valence-corrected chi connectivity index (χ1v) is 21.4. The fourth-order valence-corrected chi connectivity index (χ4v) is 18.6. The van der Waals surface area contributed by atoms with Gasteiger partial charge in [-0.2, -0.15) is 0 Å². The molecule has 5 heteroatoms. The maximum absolute atomic E-state index is 7.25. The van der Waals surface area contributed by atoms with Gasteiger partial charge in [-0.05, 0) is 0 Å². The van der Waals surface area contributed by atoms with Gasteiger partial charge in [-0.3, -0.25) is 0 Å². The second kappa shape index (κ2) is 5.74. The van der Waals surface area contributed by atoms with Crippen molar-refractivity contribution in [1.82, 2.24) is 0 Å². The number of halogens is 3. The second-order valence-electron chi connectivity index (χ2n) is 6.15. The van der Waals surface area contributed by atoms with Crippen molar-refractivity contribution in [3.63, 3.8) is 0 Å². The van der Waals surface area contributed by atoms with Crippen molar-refractivity contribution in [3.05, 3.63) is 80.4 Å². The quantitative estimate of drug-likeness (QED) is 0.303. The summed E-state index contributed by atoms with van der Waals surface area (Å²) in [5.74, 6) is 0. The van der Waals surface area contributed by atoms with E-state index in [4.69, 9.17) is 26.4 Å². The Kier molecular flexibility index (Phi) is 4.22. The predicted octanol–water partition coefficient (Wildman–Crippen LogP) is 6.97. The summed E-state index contributed by atoms with van der Waals surface area (Å²) in [5.41, 5.74) is 4.88. The summed E-state index contributed by atoms with van der Waals surface area (Å²) < 4.78 is 1.28. The van der Waals surface area contributed by atoms with Gasteiger partial charge in [0.1, 0.15) is 0 Å². The molecule has 2 atom stereocenters. The molecular formula is C18H14Cl2ISZr. The summed E-state index contributed by atoms with van der Waals surface area (Å²) >= 11 is -2.08. The van der Waals surface area contributed by atoms with Crippen LogP contribution in [0.2, 0.25) is 0 Å². The van der Waals surface area contributed by atoms with Crippen molar-refractivity contribution in [2.45, 2.75) is 7.25 Å². The molecule has 0 nitrogen and oxygen atoms in total. The van der Waals surface area contributed by atoms with E-state index in [1.807, 2.05) is 12.1 Å². The van der Waals surface area contributed by atoms with Gasteiger partial charge < -0.3 is 0 Å². The van der Waals surface area contributed by atoms with E-state index < -0.39 is 14.9 Å². The second-order valence-corrected chi connectivity index (χ2v) is 35.4. The molecule has 0 aliphatic heterocycles. The molecule has 0 N–H and O–H groups in total. The third-order valence-corrected chi connectivity index (χ3v) is 22.5. The summed E-state index contributed by atoms with van der Waals surface area (Å²) in [4.78, 5) is 0. The van der Waals surface area contributed by atoms with E-state index in [2.05, 4.69) is 77.2 Å². The Morgan fingerprint density at radius 3 is 2.35 bits per heavy atom. The fraction of sp³-hybridized carbons (Fsp3) is 0.111. The van der Waals surface area contributed by atoms with E-state index in [9.17, 15) is 0 Å². The van der Waals surface area contributed by atoms with Gasteiger partial charge in [0, 0.05) is 0 Å². The van der Waals surface area contributed by atoms with Gasteiger partial charge in [0.05, 0.1) is 0 Å². The van der Waals surface area contributed by atoms with Gasteiger partial charge >= 0.3 is 164 Å². The van der Waals surface area contributed by atoms with Crippen molar-refractivity contribution in [2.75, 3.05) is 0 Å². The number of thiol groups is 1. The molecule has 4 rings (SSSR count). The van der Waals surface area contributed by atoms with E-state index in [-0.39, 0.29) is 7.25 Å². The molecule has 2 aromatic rings. The summed E-state index contributed by atoms with van der Waals surface area (Å²) in [6, 6.07) is 14.7. The average molecular weight is 551 g/mol. The summed E-state index contributed by atoms with van der Waals surface area (Å²) in [7, 11) is 19.5. The fourth-order valence-electron chi connectivity index (χ4n) is 3.64. The topological polar surface area (TPSA) is 0 Å². The van der Waals surface area contributed by atoms with E-state index >= 15 is 0 Å². The monoisotopic (exact) mass is 549 g/mol. The number of allylic oxidation sites excluding steroid dienone is 2. The van der Waals surface area contributed by atoms with Crippen molar-refractivity contribution in [1.29, 1.82) is 0 Å². The van der Waals surface area contributed by atoms with Crippen LogP contribution in [-0.4, -0.2) is 0 Å².